The second-order valence-electron chi connectivity index (χ2n) is 17.3. The van der Waals surface area contributed by atoms with Crippen LogP contribution in [0, 0.1) is 13.8 Å². The standard InChI is InChI=1S/C51H46F3N9O7S/c1-28-40(48(69)62(59-28)34-11-6-5-7-12-34)42(41-29(2)60-63(49(41)70)50-57-37(27-71-50)30-19-21-33(22-20-30)51(52,53)54)31-15-17-32(18-16-31)44(65)56-26-9-4-3-8-25-55-36-14-10-13-35-43(36)47(68)61(46(35)67)38-23-24-39(64)58-45(38)66/h5-7,10-22,27,38,42,55,59-60H,3-4,8-9,23-26H2,1-2H3,(H,56,65)(H,58,64,66). The molecule has 0 bridgehead atoms. The Bertz CT molecular complexity index is 3320. The van der Waals surface area contributed by atoms with Crippen molar-refractivity contribution < 1.29 is 37.1 Å². The highest BCUT2D eigenvalue weighted by Gasteiger charge is 2.45. The van der Waals surface area contributed by atoms with Crippen LogP contribution in [0.15, 0.2) is 112 Å². The number of fused-ring (bicyclic) bond motifs is 1. The van der Waals surface area contributed by atoms with E-state index >= 15 is 0 Å². The third kappa shape index (κ3) is 9.49. The first-order valence-corrected chi connectivity index (χ1v) is 23.8. The lowest BCUT2D eigenvalue weighted by Gasteiger charge is -2.27. The summed E-state index contributed by atoms with van der Waals surface area (Å²) in [5, 5.41) is 16.6. The molecule has 4 aromatic carbocycles. The number of imide groups is 2. The number of halogens is 3. The first-order chi connectivity index (χ1) is 34.1. The number of piperidine rings is 1. The zero-order valence-electron chi connectivity index (χ0n) is 38.3. The molecule has 1 saturated heterocycles. The number of aromatic nitrogens is 5. The maximum absolute atomic E-state index is 14.5. The number of hydrogen-bond donors (Lipinski definition) is 5. The summed E-state index contributed by atoms with van der Waals surface area (Å²) in [6.07, 6.45) is -1.38. The number of nitrogens with one attached hydrogen (secondary N) is 5. The van der Waals surface area contributed by atoms with Crippen molar-refractivity contribution in [1.82, 2.24) is 40.1 Å². The van der Waals surface area contributed by atoms with E-state index < -0.39 is 52.9 Å². The van der Waals surface area contributed by atoms with Crippen LogP contribution in [0.5, 0.6) is 0 Å². The van der Waals surface area contributed by atoms with E-state index in [0.29, 0.717) is 70.2 Å². The number of carbonyl (C=O) groups excluding carboxylic acids is 5. The minimum absolute atomic E-state index is 0.0334. The number of benzene rings is 4. The number of para-hydroxylation sites is 1. The largest absolute Gasteiger partial charge is 0.416 e. The molecule has 0 spiro atoms. The van der Waals surface area contributed by atoms with Crippen molar-refractivity contribution in [2.24, 2.45) is 0 Å². The molecule has 0 radical (unpaired) electrons. The first kappa shape index (κ1) is 47.9. The Hall–Kier alpha value is -8.13. The third-order valence-corrected chi connectivity index (χ3v) is 13.5. The van der Waals surface area contributed by atoms with Gasteiger partial charge in [0.15, 0.2) is 0 Å². The fraction of sp³-hybridized carbons (Fsp3) is 0.255. The number of hydrogen-bond acceptors (Lipinski definition) is 10. The number of rotatable bonds is 16. The molecule has 364 valence electrons. The maximum Gasteiger partial charge on any atom is 0.416 e. The summed E-state index contributed by atoms with van der Waals surface area (Å²) in [7, 11) is 0. The van der Waals surface area contributed by atoms with Gasteiger partial charge < -0.3 is 10.6 Å². The first-order valence-electron chi connectivity index (χ1n) is 22.9. The lowest BCUT2D eigenvalue weighted by atomic mass is 9.85. The lowest BCUT2D eigenvalue weighted by Crippen LogP contribution is -2.54. The molecule has 5 heterocycles. The predicted molar refractivity (Wildman–Crippen MR) is 258 cm³/mol. The minimum Gasteiger partial charge on any atom is -0.384 e. The molecule has 1 fully saturated rings. The zero-order chi connectivity index (χ0) is 50.1. The van der Waals surface area contributed by atoms with Crippen LogP contribution in [0.4, 0.5) is 18.9 Å². The highest BCUT2D eigenvalue weighted by molar-refractivity contribution is 7.12. The van der Waals surface area contributed by atoms with Gasteiger partial charge in [-0.05, 0) is 87.2 Å². The number of anilines is 1. The Balaban J connectivity index is 0.853. The molecule has 0 aliphatic carbocycles. The molecule has 5 N–H and O–H groups in total. The summed E-state index contributed by atoms with van der Waals surface area (Å²) in [6, 6.07) is 24.2. The molecular formula is C51H46F3N9O7S. The maximum atomic E-state index is 14.5. The van der Waals surface area contributed by atoms with E-state index in [9.17, 15) is 46.7 Å². The number of H-pyrrole nitrogens is 2. The van der Waals surface area contributed by atoms with E-state index in [0.717, 1.165) is 47.6 Å². The van der Waals surface area contributed by atoms with Gasteiger partial charge >= 0.3 is 6.18 Å². The van der Waals surface area contributed by atoms with Crippen LogP contribution in [-0.4, -0.2) is 78.1 Å². The van der Waals surface area contributed by atoms with Crippen LogP contribution in [0.3, 0.4) is 0 Å². The normalized spacial score (nSPS) is 15.2. The molecule has 2 unspecified atom stereocenters. The third-order valence-electron chi connectivity index (χ3n) is 12.7. The van der Waals surface area contributed by atoms with Gasteiger partial charge in [-0.25, -0.2) is 9.67 Å². The van der Waals surface area contributed by atoms with Crippen LogP contribution in [-0.2, 0) is 15.8 Å². The second-order valence-corrected chi connectivity index (χ2v) is 18.2. The monoisotopic (exact) mass is 985 g/mol. The van der Waals surface area contributed by atoms with Gasteiger partial charge in [0.1, 0.15) is 6.04 Å². The van der Waals surface area contributed by atoms with Gasteiger partial charge in [-0.1, -0.05) is 61.4 Å². The Kier molecular flexibility index (Phi) is 13.3. The molecule has 9 rings (SSSR count). The van der Waals surface area contributed by atoms with Crippen LogP contribution in [0.25, 0.3) is 22.1 Å². The average molecular weight is 986 g/mol. The van der Waals surface area contributed by atoms with E-state index in [1.54, 1.807) is 86.0 Å². The van der Waals surface area contributed by atoms with Crippen molar-refractivity contribution >= 4 is 46.6 Å². The topological polar surface area (TPSA) is 213 Å². The SMILES string of the molecule is Cc1[nH]n(-c2ccccc2)c(=O)c1C(c1ccc(C(=O)NCCCCCCNc2cccc3c2C(=O)N(C2CCC(=O)NC2=O)C3=O)cc1)c1c(C)[nH]n(-c2nc(-c3ccc(C(F)(F)F)cc3)cs2)c1=O. The van der Waals surface area contributed by atoms with Crippen molar-refractivity contribution in [2.75, 3.05) is 18.4 Å². The Morgan fingerprint density at radius 2 is 1.44 bits per heavy atom. The number of aryl methyl sites for hydroxylation is 2. The summed E-state index contributed by atoms with van der Waals surface area (Å²) in [5.41, 5.74) is 3.08. The van der Waals surface area contributed by atoms with Gasteiger partial charge in [-0.2, -0.15) is 17.9 Å². The quantitative estimate of drug-likeness (QED) is 0.0482. The molecule has 20 heteroatoms. The van der Waals surface area contributed by atoms with E-state index in [2.05, 4.69) is 31.1 Å². The number of carbonyl (C=O) groups is 5. The van der Waals surface area contributed by atoms with Crippen LogP contribution in [0.2, 0.25) is 0 Å². The van der Waals surface area contributed by atoms with Gasteiger partial charge in [-0.3, -0.25) is 54.0 Å². The summed E-state index contributed by atoms with van der Waals surface area (Å²) in [5.74, 6) is -3.48. The van der Waals surface area contributed by atoms with E-state index in [1.807, 2.05) is 6.07 Å². The van der Waals surface area contributed by atoms with Gasteiger partial charge in [0.2, 0.25) is 16.9 Å². The molecule has 2 atom stereocenters. The molecule has 5 amide bonds. The predicted octanol–water partition coefficient (Wildman–Crippen LogP) is 7.39. The van der Waals surface area contributed by atoms with Crippen molar-refractivity contribution in [3.05, 3.63) is 173 Å². The van der Waals surface area contributed by atoms with Crippen LogP contribution >= 0.6 is 11.3 Å². The van der Waals surface area contributed by atoms with E-state index in [1.165, 1.54) is 21.5 Å². The molecule has 0 saturated carbocycles. The Morgan fingerprint density at radius 3 is 2.11 bits per heavy atom. The number of nitrogens with zero attached hydrogens (tertiary/aromatic N) is 4. The highest BCUT2D eigenvalue weighted by atomic mass is 32.1. The van der Waals surface area contributed by atoms with Crippen molar-refractivity contribution in [1.29, 1.82) is 0 Å². The Morgan fingerprint density at radius 1 is 0.775 bits per heavy atom. The summed E-state index contributed by atoms with van der Waals surface area (Å²) >= 11 is 1.12. The average Bonchev–Trinajstić information content (AvgIpc) is 4.10. The van der Waals surface area contributed by atoms with E-state index in [4.69, 9.17) is 0 Å². The molecule has 2 aliphatic heterocycles. The zero-order valence-corrected chi connectivity index (χ0v) is 39.1. The number of amides is 5. The summed E-state index contributed by atoms with van der Waals surface area (Å²) < 4.78 is 42.4. The lowest BCUT2D eigenvalue weighted by molar-refractivity contribution is -0.138. The van der Waals surface area contributed by atoms with Gasteiger partial charge in [0.05, 0.1) is 39.2 Å². The number of aromatic amines is 2. The Labute approximate surface area is 406 Å². The van der Waals surface area contributed by atoms with Gasteiger partial charge in [0, 0.05) is 59.0 Å². The molecule has 3 aromatic heterocycles. The van der Waals surface area contributed by atoms with Crippen LogP contribution < -0.4 is 27.1 Å². The number of thiazole rings is 1. The highest BCUT2D eigenvalue weighted by Crippen LogP contribution is 2.36. The number of alkyl halides is 3. The fourth-order valence-corrected chi connectivity index (χ4v) is 9.91. The smallest absolute Gasteiger partial charge is 0.384 e. The van der Waals surface area contributed by atoms with Crippen molar-refractivity contribution in [3.8, 4) is 22.1 Å². The van der Waals surface area contributed by atoms with Gasteiger partial charge in [-0.15, -0.1) is 11.3 Å². The molecule has 71 heavy (non-hydrogen) atoms. The van der Waals surface area contributed by atoms with Crippen molar-refractivity contribution in [3.63, 3.8) is 0 Å². The molecule has 2 aliphatic rings. The van der Waals surface area contributed by atoms with Gasteiger partial charge in [0.25, 0.3) is 28.8 Å². The summed E-state index contributed by atoms with van der Waals surface area (Å²) in [6.45, 7) is 4.36. The fourth-order valence-electron chi connectivity index (χ4n) is 9.12. The molecular weight excluding hydrogens is 940 g/mol. The number of unbranched alkanes of at least 4 members (excludes halogenated alkanes) is 3. The van der Waals surface area contributed by atoms with E-state index in [-0.39, 0.29) is 46.1 Å². The van der Waals surface area contributed by atoms with Crippen LogP contribution in [0.1, 0.15) is 109 Å². The molecule has 16 nitrogen and oxygen atoms in total. The van der Waals surface area contributed by atoms with Crippen molar-refractivity contribution in [2.45, 2.75) is 70.5 Å². The second kappa shape index (κ2) is 19.7. The minimum atomic E-state index is -4.50. The summed E-state index contributed by atoms with van der Waals surface area (Å²) in [4.78, 5) is 98.5. The molecule has 7 aromatic rings.